The molecule has 3 heteroatoms. The van der Waals surface area contributed by atoms with Crippen LogP contribution in [0.3, 0.4) is 0 Å². The summed E-state index contributed by atoms with van der Waals surface area (Å²) in [5, 5.41) is 9.42. The van der Waals surface area contributed by atoms with E-state index in [4.69, 9.17) is 0 Å². The van der Waals surface area contributed by atoms with Gasteiger partial charge in [-0.25, -0.2) is 0 Å². The molecule has 96 valence electrons. The van der Waals surface area contributed by atoms with E-state index in [2.05, 4.69) is 41.6 Å². The van der Waals surface area contributed by atoms with Crippen molar-refractivity contribution in [3.8, 4) is 0 Å². The Morgan fingerprint density at radius 3 is 2.94 bits per heavy atom. The van der Waals surface area contributed by atoms with Gasteiger partial charge in [0, 0.05) is 19.0 Å². The number of nitrogens with one attached hydrogen (secondary N) is 1. The molecule has 2 aromatic rings. The fourth-order valence-corrected chi connectivity index (χ4v) is 2.67. The van der Waals surface area contributed by atoms with Crippen LogP contribution in [-0.4, -0.2) is 16.3 Å². The van der Waals surface area contributed by atoms with Crippen molar-refractivity contribution in [2.45, 2.75) is 26.3 Å². The zero-order chi connectivity index (χ0) is 12.5. The summed E-state index contributed by atoms with van der Waals surface area (Å²) in [4.78, 5) is 0. The van der Waals surface area contributed by atoms with Gasteiger partial charge in [-0.3, -0.25) is 4.68 Å². The molecule has 1 aromatic carbocycles. The molecule has 1 fully saturated rings. The van der Waals surface area contributed by atoms with Crippen LogP contribution < -0.4 is 5.32 Å². The zero-order valence-electron chi connectivity index (χ0n) is 11.2. The molecule has 0 saturated heterocycles. The maximum Gasteiger partial charge on any atom is 0.0841 e. The molecule has 1 N–H and O–H groups in total. The quantitative estimate of drug-likeness (QED) is 0.875. The topological polar surface area (TPSA) is 29.9 Å². The third-order valence-electron chi connectivity index (χ3n) is 4.02. The van der Waals surface area contributed by atoms with Crippen LogP contribution in [0.25, 0.3) is 10.9 Å². The summed E-state index contributed by atoms with van der Waals surface area (Å²) in [5.41, 5.74) is 2.38. The smallest absolute Gasteiger partial charge is 0.0841 e. The van der Waals surface area contributed by atoms with Gasteiger partial charge in [0.15, 0.2) is 0 Å². The molecule has 3 nitrogen and oxygen atoms in total. The number of hydrogen-bond acceptors (Lipinski definition) is 2. The van der Waals surface area contributed by atoms with Crippen molar-refractivity contribution >= 4 is 10.9 Å². The minimum atomic E-state index is 0.806. The van der Waals surface area contributed by atoms with Crippen molar-refractivity contribution in [3.63, 3.8) is 0 Å². The molecule has 0 aliphatic heterocycles. The van der Waals surface area contributed by atoms with Crippen molar-refractivity contribution in [1.82, 2.24) is 15.1 Å². The minimum absolute atomic E-state index is 0.806. The van der Waals surface area contributed by atoms with Gasteiger partial charge in [0.25, 0.3) is 0 Å². The Morgan fingerprint density at radius 1 is 1.39 bits per heavy atom. The molecule has 1 aromatic heterocycles. The Labute approximate surface area is 108 Å². The maximum atomic E-state index is 4.60. The molecular formula is C15H21N3. The number of para-hydroxylation sites is 1. The fourth-order valence-electron chi connectivity index (χ4n) is 2.67. The molecule has 1 saturated carbocycles. The predicted molar refractivity (Wildman–Crippen MR) is 74.3 cm³/mol. The van der Waals surface area contributed by atoms with E-state index < -0.39 is 0 Å². The second kappa shape index (κ2) is 4.73. The lowest BCUT2D eigenvalue weighted by molar-refractivity contribution is 0.459. The number of hydrogen-bond donors (Lipinski definition) is 1. The van der Waals surface area contributed by atoms with E-state index in [1.807, 2.05) is 11.7 Å². The highest BCUT2D eigenvalue weighted by Gasteiger charge is 2.27. The van der Waals surface area contributed by atoms with E-state index >= 15 is 0 Å². The predicted octanol–water partition coefficient (Wildman–Crippen LogP) is 2.71. The lowest BCUT2D eigenvalue weighted by Gasteiger charge is -2.10. The van der Waals surface area contributed by atoms with Crippen LogP contribution >= 0.6 is 0 Å². The highest BCUT2D eigenvalue weighted by molar-refractivity contribution is 5.81. The molecule has 1 unspecified atom stereocenters. The number of aromatic nitrogens is 2. The van der Waals surface area contributed by atoms with Gasteiger partial charge in [-0.1, -0.05) is 25.1 Å². The first kappa shape index (κ1) is 11.7. The monoisotopic (exact) mass is 243 g/mol. The van der Waals surface area contributed by atoms with Crippen molar-refractivity contribution in [2.75, 3.05) is 6.54 Å². The minimum Gasteiger partial charge on any atom is -0.311 e. The van der Waals surface area contributed by atoms with Crippen molar-refractivity contribution in [2.24, 2.45) is 18.9 Å². The number of fused-ring (bicyclic) bond motifs is 1. The molecule has 1 heterocycles. The third-order valence-corrected chi connectivity index (χ3v) is 4.02. The summed E-state index contributed by atoms with van der Waals surface area (Å²) in [6.07, 6.45) is 2.85. The second-order valence-corrected chi connectivity index (χ2v) is 5.53. The van der Waals surface area contributed by atoms with Crippen LogP contribution in [0.4, 0.5) is 0 Å². The number of nitrogens with zero attached hydrogens (tertiary/aromatic N) is 2. The van der Waals surface area contributed by atoms with E-state index in [1.165, 1.54) is 23.7 Å². The highest BCUT2D eigenvalue weighted by atomic mass is 15.3. The number of rotatable bonds is 5. The van der Waals surface area contributed by atoms with Crippen LogP contribution in [0.5, 0.6) is 0 Å². The Hall–Kier alpha value is -1.35. The second-order valence-electron chi connectivity index (χ2n) is 5.53. The van der Waals surface area contributed by atoms with E-state index in [1.54, 1.807) is 0 Å². The first-order valence-electron chi connectivity index (χ1n) is 6.87. The average Bonchev–Trinajstić information content (AvgIpc) is 3.17. The molecule has 3 rings (SSSR count). The summed E-state index contributed by atoms with van der Waals surface area (Å²) in [6, 6.07) is 8.43. The zero-order valence-corrected chi connectivity index (χ0v) is 11.2. The van der Waals surface area contributed by atoms with Crippen LogP contribution in [0.2, 0.25) is 0 Å². The molecule has 1 aliphatic carbocycles. The number of aryl methyl sites for hydroxylation is 1. The lowest BCUT2D eigenvalue weighted by Crippen LogP contribution is -2.22. The van der Waals surface area contributed by atoms with Gasteiger partial charge in [0.2, 0.25) is 0 Å². The van der Waals surface area contributed by atoms with Crippen LogP contribution in [0.15, 0.2) is 24.3 Å². The Balaban J connectivity index is 1.67. The molecular weight excluding hydrogens is 222 g/mol. The molecule has 0 bridgehead atoms. The molecule has 0 radical (unpaired) electrons. The Morgan fingerprint density at radius 2 is 2.17 bits per heavy atom. The van der Waals surface area contributed by atoms with E-state index in [0.29, 0.717) is 0 Å². The summed E-state index contributed by atoms with van der Waals surface area (Å²) >= 11 is 0. The van der Waals surface area contributed by atoms with Gasteiger partial charge in [0.1, 0.15) is 0 Å². The van der Waals surface area contributed by atoms with E-state index in [0.717, 1.165) is 30.6 Å². The van der Waals surface area contributed by atoms with Crippen molar-refractivity contribution in [1.29, 1.82) is 0 Å². The summed E-state index contributed by atoms with van der Waals surface area (Å²) in [6.45, 7) is 4.33. The van der Waals surface area contributed by atoms with Gasteiger partial charge < -0.3 is 5.32 Å². The first-order valence-corrected chi connectivity index (χ1v) is 6.87. The van der Waals surface area contributed by atoms with E-state index in [9.17, 15) is 0 Å². The van der Waals surface area contributed by atoms with Crippen molar-refractivity contribution in [3.05, 3.63) is 30.0 Å². The van der Waals surface area contributed by atoms with Crippen LogP contribution in [0.1, 0.15) is 25.5 Å². The standard InChI is InChI=1S/C15H21N3/c1-11(12-7-8-12)9-16-10-14-13-5-3-4-6-15(13)18(2)17-14/h3-6,11-12,16H,7-10H2,1-2H3. The SMILES string of the molecule is CC(CNCc1nn(C)c2ccccc12)C1CC1. The number of benzene rings is 1. The van der Waals surface area contributed by atoms with Gasteiger partial charge in [-0.05, 0) is 37.3 Å². The summed E-state index contributed by atoms with van der Waals surface area (Å²) < 4.78 is 1.97. The molecule has 18 heavy (non-hydrogen) atoms. The average molecular weight is 243 g/mol. The lowest BCUT2D eigenvalue weighted by atomic mass is 10.1. The molecule has 1 aliphatic rings. The van der Waals surface area contributed by atoms with Gasteiger partial charge in [0.05, 0.1) is 11.2 Å². The molecule has 0 spiro atoms. The van der Waals surface area contributed by atoms with Gasteiger partial charge >= 0.3 is 0 Å². The molecule has 1 atom stereocenters. The fraction of sp³-hybridized carbons (Fsp3) is 0.533. The highest BCUT2D eigenvalue weighted by Crippen LogP contribution is 2.36. The first-order chi connectivity index (χ1) is 8.75. The van der Waals surface area contributed by atoms with Gasteiger partial charge in [-0.15, -0.1) is 0 Å². The van der Waals surface area contributed by atoms with Crippen molar-refractivity contribution < 1.29 is 0 Å². The Bertz CT molecular complexity index is 540. The molecule has 0 amide bonds. The maximum absolute atomic E-state index is 4.60. The Kier molecular flexibility index (Phi) is 3.08. The summed E-state index contributed by atoms with van der Waals surface area (Å²) in [7, 11) is 2.01. The van der Waals surface area contributed by atoms with Crippen LogP contribution in [-0.2, 0) is 13.6 Å². The summed E-state index contributed by atoms with van der Waals surface area (Å²) in [5.74, 6) is 1.78. The van der Waals surface area contributed by atoms with Crippen LogP contribution in [0, 0.1) is 11.8 Å². The third kappa shape index (κ3) is 2.27. The van der Waals surface area contributed by atoms with E-state index in [-0.39, 0.29) is 0 Å². The van der Waals surface area contributed by atoms with Gasteiger partial charge in [-0.2, -0.15) is 5.10 Å². The normalized spacial score (nSPS) is 17.2. The largest absolute Gasteiger partial charge is 0.311 e.